The maximum absolute atomic E-state index is 10.9. The van der Waals surface area contributed by atoms with E-state index in [0.29, 0.717) is 5.75 Å². The van der Waals surface area contributed by atoms with Gasteiger partial charge in [-0.2, -0.15) is 11.8 Å². The number of carbonyl (C=O) groups is 1. The Bertz CT molecular complexity index is 394. The first-order valence-corrected chi connectivity index (χ1v) is 6.46. The summed E-state index contributed by atoms with van der Waals surface area (Å²) in [6.07, 6.45) is 0. The molecule has 0 radical (unpaired) electrons. The summed E-state index contributed by atoms with van der Waals surface area (Å²) in [5.41, 5.74) is 2.42. The number of hydrogen-bond donors (Lipinski definition) is 2. The summed E-state index contributed by atoms with van der Waals surface area (Å²) in [5, 5.41) is 12.2. The lowest BCUT2D eigenvalue weighted by Gasteiger charge is -2.29. The third-order valence-corrected chi connectivity index (χ3v) is 3.97. The number of aliphatic carboxylic acids is 1. The normalized spacial score (nSPS) is 25.3. The van der Waals surface area contributed by atoms with E-state index in [0.717, 1.165) is 5.75 Å². The van der Waals surface area contributed by atoms with Crippen molar-refractivity contribution in [3.63, 3.8) is 0 Å². The largest absolute Gasteiger partial charge is 0.480 e. The molecular formula is C12H15NO2S. The van der Waals surface area contributed by atoms with Crippen molar-refractivity contribution < 1.29 is 9.90 Å². The zero-order valence-electron chi connectivity index (χ0n) is 9.14. The number of nitrogens with one attached hydrogen (secondary N) is 1. The highest BCUT2D eigenvalue weighted by molar-refractivity contribution is 7.99. The summed E-state index contributed by atoms with van der Waals surface area (Å²) in [4.78, 5) is 10.9. The van der Waals surface area contributed by atoms with Crippen LogP contribution in [0.25, 0.3) is 0 Å². The summed E-state index contributed by atoms with van der Waals surface area (Å²) in [6.45, 7) is 2.06. The van der Waals surface area contributed by atoms with Gasteiger partial charge in [-0.1, -0.05) is 24.3 Å². The van der Waals surface area contributed by atoms with Gasteiger partial charge in [0, 0.05) is 17.5 Å². The van der Waals surface area contributed by atoms with Crippen molar-refractivity contribution in [1.29, 1.82) is 0 Å². The molecule has 3 nitrogen and oxygen atoms in total. The van der Waals surface area contributed by atoms with E-state index >= 15 is 0 Å². The fraction of sp³-hybridized carbons (Fsp3) is 0.417. The molecule has 4 heteroatoms. The predicted octanol–water partition coefficient (Wildman–Crippen LogP) is 1.83. The van der Waals surface area contributed by atoms with Gasteiger partial charge in [0.2, 0.25) is 0 Å². The van der Waals surface area contributed by atoms with Crippen LogP contribution >= 0.6 is 11.8 Å². The zero-order chi connectivity index (χ0) is 11.5. The Hall–Kier alpha value is -1.00. The molecule has 2 atom stereocenters. The van der Waals surface area contributed by atoms with Gasteiger partial charge in [0.05, 0.1) is 0 Å². The van der Waals surface area contributed by atoms with Crippen molar-refractivity contribution in [2.45, 2.75) is 19.0 Å². The number of carboxylic acids is 1. The molecule has 1 saturated heterocycles. The average molecular weight is 237 g/mol. The van der Waals surface area contributed by atoms with Gasteiger partial charge in [-0.15, -0.1) is 0 Å². The van der Waals surface area contributed by atoms with Crippen molar-refractivity contribution >= 4 is 17.7 Å². The third kappa shape index (κ3) is 2.39. The van der Waals surface area contributed by atoms with Crippen LogP contribution in [0.15, 0.2) is 24.3 Å². The first-order chi connectivity index (χ1) is 7.68. The van der Waals surface area contributed by atoms with Crippen LogP contribution in [0, 0.1) is 6.92 Å². The maximum Gasteiger partial charge on any atom is 0.321 e. The lowest BCUT2D eigenvalue weighted by molar-refractivity contribution is -0.139. The van der Waals surface area contributed by atoms with Gasteiger partial charge in [0.25, 0.3) is 0 Å². The lowest BCUT2D eigenvalue weighted by atomic mass is 10.0. The number of hydrogen-bond acceptors (Lipinski definition) is 3. The first kappa shape index (κ1) is 11.5. The molecule has 1 aromatic carbocycles. The molecule has 2 unspecified atom stereocenters. The van der Waals surface area contributed by atoms with Gasteiger partial charge in [-0.25, -0.2) is 0 Å². The van der Waals surface area contributed by atoms with Gasteiger partial charge in [0.15, 0.2) is 0 Å². The van der Waals surface area contributed by atoms with Crippen molar-refractivity contribution in [3.05, 3.63) is 35.4 Å². The molecule has 86 valence electrons. The Labute approximate surface area is 99.2 Å². The summed E-state index contributed by atoms with van der Waals surface area (Å²) in [5.74, 6) is 0.831. The van der Waals surface area contributed by atoms with Crippen molar-refractivity contribution in [2.75, 3.05) is 11.5 Å². The smallest absolute Gasteiger partial charge is 0.321 e. The highest BCUT2D eigenvalue weighted by Gasteiger charge is 2.27. The topological polar surface area (TPSA) is 49.3 Å². The fourth-order valence-electron chi connectivity index (χ4n) is 1.94. The van der Waals surface area contributed by atoms with E-state index in [1.54, 1.807) is 11.8 Å². The summed E-state index contributed by atoms with van der Waals surface area (Å²) < 4.78 is 0. The van der Waals surface area contributed by atoms with E-state index in [1.807, 2.05) is 12.1 Å². The second-order valence-electron chi connectivity index (χ2n) is 4.00. The van der Waals surface area contributed by atoms with Gasteiger partial charge in [-0.05, 0) is 18.1 Å². The predicted molar refractivity (Wildman–Crippen MR) is 65.8 cm³/mol. The van der Waals surface area contributed by atoms with Gasteiger partial charge >= 0.3 is 5.97 Å². The SMILES string of the molecule is Cc1ccccc1C1CSCC(C(=O)O)N1. The molecule has 0 aromatic heterocycles. The standard InChI is InChI=1S/C12H15NO2S/c1-8-4-2-3-5-9(8)10-6-16-7-11(13-10)12(14)15/h2-5,10-11,13H,6-7H2,1H3,(H,14,15). The monoisotopic (exact) mass is 237 g/mol. The molecule has 1 aromatic rings. The van der Waals surface area contributed by atoms with Gasteiger partial charge in [-0.3, -0.25) is 10.1 Å². The molecule has 0 amide bonds. The summed E-state index contributed by atoms with van der Waals surface area (Å²) in [6, 6.07) is 7.86. The van der Waals surface area contributed by atoms with Gasteiger partial charge < -0.3 is 5.11 Å². The fourth-order valence-corrected chi connectivity index (χ4v) is 3.06. The molecule has 16 heavy (non-hydrogen) atoms. The number of carboxylic acid groups (broad SMARTS) is 1. The van der Waals surface area contributed by atoms with Crippen LogP contribution in [0.3, 0.4) is 0 Å². The zero-order valence-corrected chi connectivity index (χ0v) is 9.96. The molecule has 2 rings (SSSR count). The molecule has 0 spiro atoms. The summed E-state index contributed by atoms with van der Waals surface area (Å²) in [7, 11) is 0. The number of aryl methyl sites for hydroxylation is 1. The molecular weight excluding hydrogens is 222 g/mol. The second-order valence-corrected chi connectivity index (χ2v) is 5.08. The number of thioether (sulfide) groups is 1. The van der Waals surface area contributed by atoms with E-state index in [4.69, 9.17) is 5.11 Å². The van der Waals surface area contributed by atoms with Crippen LogP contribution in [-0.4, -0.2) is 28.6 Å². The van der Waals surface area contributed by atoms with Gasteiger partial charge in [0.1, 0.15) is 6.04 Å². The minimum Gasteiger partial charge on any atom is -0.480 e. The highest BCUT2D eigenvalue weighted by atomic mass is 32.2. The van der Waals surface area contributed by atoms with Crippen LogP contribution in [0.4, 0.5) is 0 Å². The third-order valence-electron chi connectivity index (χ3n) is 2.83. The average Bonchev–Trinajstić information content (AvgIpc) is 2.30. The Morgan fingerprint density at radius 1 is 1.44 bits per heavy atom. The van der Waals surface area contributed by atoms with Crippen LogP contribution < -0.4 is 5.32 Å². The van der Waals surface area contributed by atoms with E-state index < -0.39 is 12.0 Å². The van der Waals surface area contributed by atoms with Crippen LogP contribution in [0.5, 0.6) is 0 Å². The van der Waals surface area contributed by atoms with Crippen molar-refractivity contribution in [3.8, 4) is 0 Å². The molecule has 1 aliphatic rings. The van der Waals surface area contributed by atoms with Crippen LogP contribution in [0.2, 0.25) is 0 Å². The Morgan fingerprint density at radius 2 is 2.19 bits per heavy atom. The number of rotatable bonds is 2. The Balaban J connectivity index is 2.16. The molecule has 0 aliphatic carbocycles. The number of benzene rings is 1. The maximum atomic E-state index is 10.9. The molecule has 1 fully saturated rings. The van der Waals surface area contributed by atoms with E-state index in [2.05, 4.69) is 24.4 Å². The lowest BCUT2D eigenvalue weighted by Crippen LogP contribution is -2.45. The minimum absolute atomic E-state index is 0.154. The first-order valence-electron chi connectivity index (χ1n) is 5.30. The van der Waals surface area contributed by atoms with Crippen molar-refractivity contribution in [2.24, 2.45) is 0 Å². The molecule has 0 bridgehead atoms. The van der Waals surface area contributed by atoms with E-state index in [9.17, 15) is 4.79 Å². The Morgan fingerprint density at radius 3 is 2.88 bits per heavy atom. The summed E-state index contributed by atoms with van der Waals surface area (Å²) >= 11 is 1.70. The van der Waals surface area contributed by atoms with Crippen LogP contribution in [0.1, 0.15) is 17.2 Å². The molecule has 2 N–H and O–H groups in total. The molecule has 1 aliphatic heterocycles. The molecule has 1 heterocycles. The Kier molecular flexibility index (Phi) is 3.51. The van der Waals surface area contributed by atoms with E-state index in [-0.39, 0.29) is 6.04 Å². The molecule has 0 saturated carbocycles. The quantitative estimate of drug-likeness (QED) is 0.824. The minimum atomic E-state index is -0.759. The second kappa shape index (κ2) is 4.89. The van der Waals surface area contributed by atoms with Crippen LogP contribution in [-0.2, 0) is 4.79 Å². The van der Waals surface area contributed by atoms with Crippen molar-refractivity contribution in [1.82, 2.24) is 5.32 Å². The highest BCUT2D eigenvalue weighted by Crippen LogP contribution is 2.26. The van der Waals surface area contributed by atoms with E-state index in [1.165, 1.54) is 11.1 Å².